The lowest BCUT2D eigenvalue weighted by atomic mass is 11.4. The van der Waals surface area contributed by atoms with E-state index in [1.807, 2.05) is 4.94 Å². The third-order valence-electron chi connectivity index (χ3n) is 0.146. The third-order valence-corrected chi connectivity index (χ3v) is 0.280. The zero-order valence-corrected chi connectivity index (χ0v) is 3.29. The molecular formula is CH5ClN2O. The summed E-state index contributed by atoms with van der Waals surface area (Å²) in [5.74, 6) is 0. The van der Waals surface area contributed by atoms with Gasteiger partial charge in [0.15, 0.2) is 0 Å². The van der Waals surface area contributed by atoms with Crippen LogP contribution in [-0.2, 0) is 0 Å². The highest BCUT2D eigenvalue weighted by atomic mass is 35.5. The highest BCUT2D eigenvalue weighted by Crippen LogP contribution is 1.44. The average Bonchev–Trinajstić information content (AvgIpc) is 1.41. The van der Waals surface area contributed by atoms with E-state index < -0.39 is 0 Å². The molecule has 0 rings (SSSR count). The van der Waals surface area contributed by atoms with Crippen LogP contribution in [0.3, 0.4) is 0 Å². The molecule has 0 atom stereocenters. The fourth-order valence-electron chi connectivity index (χ4n) is 0.0299. The number of halogens is 1. The molecular weight excluding hydrogens is 91.5 g/mol. The Kier molecular flexibility index (Phi) is 4.31. The minimum Gasteiger partial charge on any atom is -0.380 e. The van der Waals surface area contributed by atoms with Gasteiger partial charge in [-0.15, -0.1) is 0 Å². The van der Waals surface area contributed by atoms with E-state index in [4.69, 9.17) is 16.9 Å². The maximum Gasteiger partial charge on any atom is 0.107 e. The normalized spacial score (nSPS) is 8.40. The van der Waals surface area contributed by atoms with E-state index in [-0.39, 0.29) is 6.73 Å². The smallest absolute Gasteiger partial charge is 0.107 e. The quantitative estimate of drug-likeness (QED) is 0.239. The molecule has 4 heteroatoms. The topological polar surface area (TPSA) is 44.3 Å². The van der Waals surface area contributed by atoms with E-state index in [0.717, 1.165) is 0 Å². The van der Waals surface area contributed by atoms with Crippen LogP contribution in [-0.4, -0.2) is 11.8 Å². The van der Waals surface area contributed by atoms with Crippen molar-refractivity contribution in [2.45, 2.75) is 0 Å². The molecule has 0 heterocycles. The molecule has 0 saturated carbocycles. The predicted octanol–water partition coefficient (Wildman–Crippen LogP) is -0.816. The molecule has 0 unspecified atom stereocenters. The standard InChI is InChI=1S/CH5ClN2O/c2-4-3-1-5/h3-5H,1H2. The zero-order valence-electron chi connectivity index (χ0n) is 2.53. The van der Waals surface area contributed by atoms with Crippen LogP contribution in [0, 0.1) is 0 Å². The summed E-state index contributed by atoms with van der Waals surface area (Å²) in [6.45, 7) is -0.149. The number of aliphatic hydroxyl groups is 1. The monoisotopic (exact) mass is 96.0 g/mol. The summed E-state index contributed by atoms with van der Waals surface area (Å²) >= 11 is 4.78. The van der Waals surface area contributed by atoms with Gasteiger partial charge < -0.3 is 5.11 Å². The number of hydrazine groups is 1. The first-order valence-electron chi connectivity index (χ1n) is 1.11. The van der Waals surface area contributed by atoms with Gasteiger partial charge in [-0.25, -0.2) is 5.43 Å². The Balaban J connectivity index is 2.19. The molecule has 0 aromatic rings. The van der Waals surface area contributed by atoms with Crippen molar-refractivity contribution >= 4 is 11.8 Å². The molecule has 0 aliphatic carbocycles. The van der Waals surface area contributed by atoms with E-state index in [2.05, 4.69) is 5.43 Å². The molecule has 5 heavy (non-hydrogen) atoms. The van der Waals surface area contributed by atoms with Gasteiger partial charge in [0.2, 0.25) is 0 Å². The number of hydrogen-bond donors (Lipinski definition) is 3. The molecule has 0 aliphatic heterocycles. The highest BCUT2D eigenvalue weighted by molar-refractivity contribution is 6.13. The van der Waals surface area contributed by atoms with Gasteiger partial charge in [-0.2, -0.15) is 4.94 Å². The summed E-state index contributed by atoms with van der Waals surface area (Å²) in [4.78, 5) is 1.99. The third kappa shape index (κ3) is 4.17. The van der Waals surface area contributed by atoms with Crippen LogP contribution in [0.1, 0.15) is 0 Å². The summed E-state index contributed by atoms with van der Waals surface area (Å²) in [5.41, 5.74) is 2.18. The second-order valence-corrected chi connectivity index (χ2v) is 0.618. The molecule has 0 radical (unpaired) electrons. The molecule has 32 valence electrons. The van der Waals surface area contributed by atoms with Gasteiger partial charge >= 0.3 is 0 Å². The Morgan fingerprint density at radius 3 is 2.40 bits per heavy atom. The van der Waals surface area contributed by atoms with Crippen LogP contribution in [0.25, 0.3) is 0 Å². The Hall–Kier alpha value is 0.170. The summed E-state index contributed by atoms with van der Waals surface area (Å²) in [6.07, 6.45) is 0. The van der Waals surface area contributed by atoms with E-state index in [1.54, 1.807) is 0 Å². The zero-order chi connectivity index (χ0) is 4.12. The van der Waals surface area contributed by atoms with Crippen LogP contribution in [0.2, 0.25) is 0 Å². The van der Waals surface area contributed by atoms with Crippen LogP contribution in [0.4, 0.5) is 0 Å². The van der Waals surface area contributed by atoms with Crippen molar-refractivity contribution in [3.05, 3.63) is 0 Å². The summed E-state index contributed by atoms with van der Waals surface area (Å²) in [7, 11) is 0. The van der Waals surface area contributed by atoms with Crippen molar-refractivity contribution in [2.75, 3.05) is 6.73 Å². The SMILES string of the molecule is OCNNCl. The number of hydrogen-bond acceptors (Lipinski definition) is 3. The van der Waals surface area contributed by atoms with Crippen molar-refractivity contribution in [2.24, 2.45) is 0 Å². The van der Waals surface area contributed by atoms with E-state index >= 15 is 0 Å². The molecule has 3 N–H and O–H groups in total. The molecule has 0 saturated heterocycles. The minimum absolute atomic E-state index is 0.149. The van der Waals surface area contributed by atoms with Gasteiger partial charge in [0, 0.05) is 0 Å². The summed E-state index contributed by atoms with van der Waals surface area (Å²) in [5, 5.41) is 7.81. The molecule has 0 spiro atoms. The van der Waals surface area contributed by atoms with E-state index in [9.17, 15) is 0 Å². The first-order valence-corrected chi connectivity index (χ1v) is 1.49. The van der Waals surface area contributed by atoms with Crippen LogP contribution < -0.4 is 10.4 Å². The average molecular weight is 96.5 g/mol. The molecule has 0 aromatic carbocycles. The van der Waals surface area contributed by atoms with Gasteiger partial charge in [0.25, 0.3) is 0 Å². The van der Waals surface area contributed by atoms with Gasteiger partial charge in [0.05, 0.1) is 0 Å². The summed E-state index contributed by atoms with van der Waals surface area (Å²) < 4.78 is 0. The number of aliphatic hydroxyl groups excluding tert-OH is 1. The fraction of sp³-hybridized carbons (Fsp3) is 1.00. The van der Waals surface area contributed by atoms with Crippen molar-refractivity contribution in [1.82, 2.24) is 10.4 Å². The highest BCUT2D eigenvalue weighted by Gasteiger charge is 1.62. The Morgan fingerprint density at radius 2 is 2.40 bits per heavy atom. The molecule has 0 amide bonds. The van der Waals surface area contributed by atoms with Gasteiger partial charge in [-0.05, 0) is 11.8 Å². The lowest BCUT2D eigenvalue weighted by Gasteiger charge is -1.86. The fourth-order valence-corrected chi connectivity index (χ4v) is 0.0896. The van der Waals surface area contributed by atoms with Gasteiger partial charge in [0.1, 0.15) is 6.73 Å². The Bertz CT molecular complexity index is 17.1. The maximum absolute atomic E-state index is 7.81. The second kappa shape index (κ2) is 4.17. The van der Waals surface area contributed by atoms with E-state index in [0.29, 0.717) is 0 Å². The second-order valence-electron chi connectivity index (χ2n) is 0.429. The number of nitrogens with one attached hydrogen (secondary N) is 2. The van der Waals surface area contributed by atoms with Gasteiger partial charge in [-0.3, -0.25) is 0 Å². The largest absolute Gasteiger partial charge is 0.380 e. The van der Waals surface area contributed by atoms with Crippen LogP contribution >= 0.6 is 11.8 Å². The van der Waals surface area contributed by atoms with E-state index in [1.165, 1.54) is 0 Å². The first-order chi connectivity index (χ1) is 2.41. The number of rotatable bonds is 2. The van der Waals surface area contributed by atoms with Gasteiger partial charge in [-0.1, -0.05) is 0 Å². The van der Waals surface area contributed by atoms with Crippen molar-refractivity contribution in [3.8, 4) is 0 Å². The summed E-state index contributed by atoms with van der Waals surface area (Å²) in [6, 6.07) is 0. The lowest BCUT2D eigenvalue weighted by molar-refractivity contribution is 0.254. The first kappa shape index (κ1) is 5.17. The lowest BCUT2D eigenvalue weighted by Crippen LogP contribution is -2.23. The Morgan fingerprint density at radius 1 is 1.80 bits per heavy atom. The van der Waals surface area contributed by atoms with Crippen molar-refractivity contribution in [3.63, 3.8) is 0 Å². The Labute approximate surface area is 35.0 Å². The van der Waals surface area contributed by atoms with Crippen LogP contribution in [0.15, 0.2) is 0 Å². The van der Waals surface area contributed by atoms with Crippen molar-refractivity contribution in [1.29, 1.82) is 0 Å². The molecule has 0 fully saturated rings. The minimum atomic E-state index is -0.149. The molecule has 3 nitrogen and oxygen atoms in total. The molecule has 0 bridgehead atoms. The predicted molar refractivity (Wildman–Crippen MR) is 19.2 cm³/mol. The van der Waals surface area contributed by atoms with Crippen molar-refractivity contribution < 1.29 is 5.11 Å². The van der Waals surface area contributed by atoms with Crippen LogP contribution in [0.5, 0.6) is 0 Å². The molecule has 0 aromatic heterocycles. The maximum atomic E-state index is 7.81. The molecule has 0 aliphatic rings.